The summed E-state index contributed by atoms with van der Waals surface area (Å²) in [7, 11) is 0. The molecule has 11 heteroatoms. The van der Waals surface area contributed by atoms with Crippen molar-refractivity contribution in [2.24, 2.45) is 0 Å². The van der Waals surface area contributed by atoms with Crippen molar-refractivity contribution in [1.82, 2.24) is 19.4 Å². The smallest absolute Gasteiger partial charge is 0.255 e. The molecule has 3 aromatic heterocycles. The Labute approximate surface area is 264 Å². The predicted octanol–water partition coefficient (Wildman–Crippen LogP) is 6.75. The minimum absolute atomic E-state index is 0.219. The van der Waals surface area contributed by atoms with Gasteiger partial charge in [-0.2, -0.15) is 0 Å². The Morgan fingerprint density at radius 2 is 1.87 bits per heavy atom. The van der Waals surface area contributed by atoms with Crippen LogP contribution in [0.15, 0.2) is 96.6 Å². The third-order valence-electron chi connectivity index (χ3n) is 7.48. The number of carbonyl (C=O) groups excluding carboxylic acids is 1. The lowest BCUT2D eigenvalue weighted by Crippen LogP contribution is -2.36. The first kappa shape index (κ1) is 28.5. The minimum atomic E-state index is -0.219. The van der Waals surface area contributed by atoms with E-state index >= 15 is 0 Å². The summed E-state index contributed by atoms with van der Waals surface area (Å²) in [6, 6.07) is 25.0. The number of hydrogen-bond donors (Lipinski definition) is 2. The zero-order valence-corrected chi connectivity index (χ0v) is 25.5. The molecule has 6 aromatic rings. The number of imidazole rings is 1. The summed E-state index contributed by atoms with van der Waals surface area (Å²) < 4.78 is 13.4. The molecule has 10 nitrogen and oxygen atoms in total. The molecule has 226 valence electrons. The maximum Gasteiger partial charge on any atom is 0.255 e. The summed E-state index contributed by atoms with van der Waals surface area (Å²) in [5, 5.41) is 8.41. The van der Waals surface area contributed by atoms with E-state index in [-0.39, 0.29) is 5.91 Å². The number of fused-ring (bicyclic) bond motifs is 1. The summed E-state index contributed by atoms with van der Waals surface area (Å²) in [4.78, 5) is 30.6. The van der Waals surface area contributed by atoms with Gasteiger partial charge in [-0.1, -0.05) is 24.3 Å². The Morgan fingerprint density at radius 3 is 2.71 bits per heavy atom. The lowest BCUT2D eigenvalue weighted by atomic mass is 10.1. The molecule has 0 atom stereocenters. The van der Waals surface area contributed by atoms with Gasteiger partial charge in [0.25, 0.3) is 5.91 Å². The second-order valence-electron chi connectivity index (χ2n) is 10.4. The molecule has 3 aromatic carbocycles. The molecule has 2 N–H and O–H groups in total. The molecule has 0 radical (unpaired) electrons. The fourth-order valence-electron chi connectivity index (χ4n) is 5.35. The van der Waals surface area contributed by atoms with Crippen LogP contribution >= 0.6 is 11.3 Å². The lowest BCUT2D eigenvalue weighted by Gasteiger charge is -2.29. The van der Waals surface area contributed by atoms with Gasteiger partial charge in [-0.25, -0.2) is 15.0 Å². The van der Waals surface area contributed by atoms with E-state index in [1.165, 1.54) is 0 Å². The fraction of sp³-hybridized carbons (Fsp3) is 0.176. The van der Waals surface area contributed by atoms with Gasteiger partial charge < -0.3 is 25.0 Å². The third-order valence-corrected chi connectivity index (χ3v) is 8.23. The first-order chi connectivity index (χ1) is 22.2. The van der Waals surface area contributed by atoms with Crippen molar-refractivity contribution >= 4 is 45.2 Å². The van der Waals surface area contributed by atoms with Gasteiger partial charge in [-0.05, 0) is 61.5 Å². The van der Waals surface area contributed by atoms with E-state index in [4.69, 9.17) is 19.4 Å². The van der Waals surface area contributed by atoms with E-state index in [1.54, 1.807) is 29.7 Å². The lowest BCUT2D eigenvalue weighted by molar-refractivity contribution is 0.102. The number of nitrogens with one attached hydrogen (secondary N) is 2. The van der Waals surface area contributed by atoms with E-state index in [0.717, 1.165) is 59.6 Å². The highest BCUT2D eigenvalue weighted by Gasteiger charge is 2.21. The highest BCUT2D eigenvalue weighted by atomic mass is 32.1. The number of benzene rings is 3. The van der Waals surface area contributed by atoms with Crippen molar-refractivity contribution < 1.29 is 14.3 Å². The number of anilines is 4. The molecule has 0 aliphatic carbocycles. The fourth-order valence-corrected chi connectivity index (χ4v) is 6.07. The van der Waals surface area contributed by atoms with Crippen LogP contribution in [0.5, 0.6) is 5.75 Å². The molecule has 0 unspecified atom stereocenters. The number of carbonyl (C=O) groups is 1. The zero-order chi connectivity index (χ0) is 30.6. The number of hydrogen-bond acceptors (Lipinski definition) is 9. The molecule has 1 amide bonds. The van der Waals surface area contributed by atoms with Crippen molar-refractivity contribution in [3.8, 4) is 28.4 Å². The Kier molecular flexibility index (Phi) is 8.09. The van der Waals surface area contributed by atoms with E-state index < -0.39 is 0 Å². The number of amides is 1. The highest BCUT2D eigenvalue weighted by Crippen LogP contribution is 2.37. The van der Waals surface area contributed by atoms with Crippen LogP contribution in [0.4, 0.5) is 23.0 Å². The molecule has 7 rings (SSSR count). The Bertz CT molecular complexity index is 1950. The second kappa shape index (κ2) is 12.8. The molecule has 0 spiro atoms. The van der Waals surface area contributed by atoms with Crippen LogP contribution in [0.1, 0.15) is 17.3 Å². The van der Waals surface area contributed by atoms with Crippen molar-refractivity contribution in [2.75, 3.05) is 48.4 Å². The second-order valence-corrected chi connectivity index (χ2v) is 11.2. The first-order valence-corrected chi connectivity index (χ1v) is 15.7. The van der Waals surface area contributed by atoms with Crippen LogP contribution in [-0.4, -0.2) is 58.2 Å². The first-order valence-electron chi connectivity index (χ1n) is 14.8. The van der Waals surface area contributed by atoms with E-state index in [1.807, 2.05) is 77.5 Å². The Morgan fingerprint density at radius 1 is 1.00 bits per heavy atom. The Balaban J connectivity index is 1.23. The molecular weight excluding hydrogens is 586 g/mol. The van der Waals surface area contributed by atoms with Gasteiger partial charge in [-0.15, -0.1) is 11.3 Å². The Hall–Kier alpha value is -5.26. The summed E-state index contributed by atoms with van der Waals surface area (Å²) in [5.74, 6) is 0.843. The zero-order valence-electron chi connectivity index (χ0n) is 24.6. The van der Waals surface area contributed by atoms with Gasteiger partial charge in [0.15, 0.2) is 4.96 Å². The topological polar surface area (TPSA) is 106 Å². The van der Waals surface area contributed by atoms with Crippen molar-refractivity contribution in [3.05, 3.63) is 102 Å². The molecule has 1 saturated heterocycles. The molecule has 1 fully saturated rings. The van der Waals surface area contributed by atoms with E-state index in [9.17, 15) is 4.79 Å². The van der Waals surface area contributed by atoms with E-state index in [2.05, 4.69) is 32.7 Å². The summed E-state index contributed by atoms with van der Waals surface area (Å²) in [6.45, 7) is 5.55. The number of nitrogens with zero attached hydrogens (tertiary/aromatic N) is 5. The number of ether oxygens (including phenoxy) is 2. The normalized spacial score (nSPS) is 13.1. The van der Waals surface area contributed by atoms with Gasteiger partial charge in [0.1, 0.15) is 11.4 Å². The molecule has 1 aliphatic rings. The van der Waals surface area contributed by atoms with Gasteiger partial charge in [0, 0.05) is 53.4 Å². The number of aromatic nitrogens is 4. The highest BCUT2D eigenvalue weighted by molar-refractivity contribution is 7.15. The van der Waals surface area contributed by atoms with Crippen LogP contribution in [0, 0.1) is 0 Å². The molecule has 0 bridgehead atoms. The molecule has 1 aliphatic heterocycles. The summed E-state index contributed by atoms with van der Waals surface area (Å²) >= 11 is 1.54. The van der Waals surface area contributed by atoms with Crippen molar-refractivity contribution in [2.45, 2.75) is 6.92 Å². The molecular formula is C34H31N7O3S. The number of thiazole rings is 1. The third kappa shape index (κ3) is 6.08. The van der Waals surface area contributed by atoms with E-state index in [0.29, 0.717) is 35.2 Å². The van der Waals surface area contributed by atoms with Crippen LogP contribution in [0.25, 0.3) is 27.6 Å². The SMILES string of the molecule is CCOc1ccc(-c2nc3sccn3c2-c2ccnc(Nc3cccc(N4CCOCC4)c3)n2)cc1NC(=O)c1ccccc1. The van der Waals surface area contributed by atoms with Crippen LogP contribution in [0.2, 0.25) is 0 Å². The number of morpholine rings is 1. The summed E-state index contributed by atoms with van der Waals surface area (Å²) in [5.41, 5.74) is 6.24. The standard InChI is InChI=1S/C34H31N7O3S/c1-2-44-29-12-11-24(21-28(29)37-32(42)23-7-4-3-5-8-23)30-31(41-17-20-45-34(41)39-30)27-13-14-35-33(38-27)36-25-9-6-10-26(22-25)40-15-18-43-19-16-40/h3-14,17,20-22H,2,15-16,18-19H2,1H3,(H,37,42)(H,35,36,38). The maximum atomic E-state index is 13.1. The minimum Gasteiger partial charge on any atom is -0.492 e. The molecule has 45 heavy (non-hydrogen) atoms. The maximum absolute atomic E-state index is 13.1. The molecule has 4 heterocycles. The van der Waals surface area contributed by atoms with Gasteiger partial charge >= 0.3 is 0 Å². The average Bonchev–Trinajstić information content (AvgIpc) is 3.69. The quantitative estimate of drug-likeness (QED) is 0.184. The van der Waals surface area contributed by atoms with Crippen LogP contribution in [0.3, 0.4) is 0 Å². The van der Waals surface area contributed by atoms with Crippen molar-refractivity contribution in [1.29, 1.82) is 0 Å². The predicted molar refractivity (Wildman–Crippen MR) is 178 cm³/mol. The number of rotatable bonds is 9. The average molecular weight is 618 g/mol. The molecule has 0 saturated carbocycles. The van der Waals surface area contributed by atoms with Gasteiger partial charge in [0.05, 0.1) is 36.9 Å². The van der Waals surface area contributed by atoms with Crippen LogP contribution < -0.4 is 20.3 Å². The van der Waals surface area contributed by atoms with Gasteiger partial charge in [-0.3, -0.25) is 9.20 Å². The van der Waals surface area contributed by atoms with Crippen molar-refractivity contribution in [3.63, 3.8) is 0 Å². The summed E-state index contributed by atoms with van der Waals surface area (Å²) in [6.07, 6.45) is 3.73. The van der Waals surface area contributed by atoms with Gasteiger partial charge in [0.2, 0.25) is 5.95 Å². The largest absolute Gasteiger partial charge is 0.492 e. The monoisotopic (exact) mass is 617 g/mol. The van der Waals surface area contributed by atoms with Crippen LogP contribution in [-0.2, 0) is 4.74 Å².